The van der Waals surface area contributed by atoms with Crippen LogP contribution in [0, 0.1) is 6.92 Å². The van der Waals surface area contributed by atoms with Crippen molar-refractivity contribution in [2.45, 2.75) is 19.9 Å². The summed E-state index contributed by atoms with van der Waals surface area (Å²) in [5, 5.41) is 0.758. The predicted octanol–water partition coefficient (Wildman–Crippen LogP) is 3.91. The van der Waals surface area contributed by atoms with E-state index in [2.05, 4.69) is 23.2 Å². The SMILES string of the molecule is Cc1sc(-c2ccco2)nc1C(=O)N1CCc2ccccc2C1. The van der Waals surface area contributed by atoms with Crippen molar-refractivity contribution in [1.29, 1.82) is 0 Å². The molecule has 1 amide bonds. The van der Waals surface area contributed by atoms with Gasteiger partial charge in [0.1, 0.15) is 5.69 Å². The van der Waals surface area contributed by atoms with Gasteiger partial charge in [-0.1, -0.05) is 24.3 Å². The topological polar surface area (TPSA) is 46.3 Å². The zero-order chi connectivity index (χ0) is 15.8. The molecule has 0 bridgehead atoms. The van der Waals surface area contributed by atoms with Crippen LogP contribution in [-0.2, 0) is 13.0 Å². The highest BCUT2D eigenvalue weighted by atomic mass is 32.1. The van der Waals surface area contributed by atoms with Gasteiger partial charge in [-0.3, -0.25) is 4.79 Å². The van der Waals surface area contributed by atoms with Crippen molar-refractivity contribution in [3.63, 3.8) is 0 Å². The predicted molar refractivity (Wildman–Crippen MR) is 89.4 cm³/mol. The van der Waals surface area contributed by atoms with E-state index in [4.69, 9.17) is 4.42 Å². The van der Waals surface area contributed by atoms with Gasteiger partial charge in [0.05, 0.1) is 6.26 Å². The van der Waals surface area contributed by atoms with Gasteiger partial charge >= 0.3 is 0 Å². The van der Waals surface area contributed by atoms with Gasteiger partial charge in [-0.15, -0.1) is 11.3 Å². The highest BCUT2D eigenvalue weighted by molar-refractivity contribution is 7.15. The Hall–Kier alpha value is -2.40. The van der Waals surface area contributed by atoms with E-state index in [-0.39, 0.29) is 5.91 Å². The molecule has 1 aromatic carbocycles. The molecule has 116 valence electrons. The lowest BCUT2D eigenvalue weighted by molar-refractivity contribution is 0.0729. The van der Waals surface area contributed by atoms with Gasteiger partial charge < -0.3 is 9.32 Å². The van der Waals surface area contributed by atoms with Gasteiger partial charge in [0.25, 0.3) is 5.91 Å². The molecule has 0 atom stereocenters. The van der Waals surface area contributed by atoms with Crippen LogP contribution in [0.5, 0.6) is 0 Å². The molecular weight excluding hydrogens is 308 g/mol. The van der Waals surface area contributed by atoms with Crippen molar-refractivity contribution < 1.29 is 9.21 Å². The van der Waals surface area contributed by atoms with E-state index in [0.717, 1.165) is 22.9 Å². The van der Waals surface area contributed by atoms with Gasteiger partial charge in [-0.2, -0.15) is 0 Å². The second-order valence-electron chi connectivity index (χ2n) is 5.65. The van der Waals surface area contributed by atoms with E-state index < -0.39 is 0 Å². The Morgan fingerprint density at radius 3 is 2.83 bits per heavy atom. The summed E-state index contributed by atoms with van der Waals surface area (Å²) >= 11 is 1.50. The number of carbonyl (C=O) groups is 1. The minimum absolute atomic E-state index is 0.00561. The molecule has 23 heavy (non-hydrogen) atoms. The molecule has 0 saturated heterocycles. The number of nitrogens with zero attached hydrogens (tertiary/aromatic N) is 2. The van der Waals surface area contributed by atoms with Crippen molar-refractivity contribution in [2.75, 3.05) is 6.54 Å². The number of furan rings is 1. The molecule has 1 aliphatic heterocycles. The lowest BCUT2D eigenvalue weighted by Gasteiger charge is -2.28. The van der Waals surface area contributed by atoms with Crippen LogP contribution in [0.3, 0.4) is 0 Å². The smallest absolute Gasteiger partial charge is 0.273 e. The summed E-state index contributed by atoms with van der Waals surface area (Å²) in [7, 11) is 0. The molecule has 4 rings (SSSR count). The molecule has 3 heterocycles. The summed E-state index contributed by atoms with van der Waals surface area (Å²) in [6, 6.07) is 12.0. The normalized spacial score (nSPS) is 13.9. The fraction of sp³-hybridized carbons (Fsp3) is 0.222. The molecule has 0 radical (unpaired) electrons. The second kappa shape index (κ2) is 5.66. The van der Waals surface area contributed by atoms with Crippen LogP contribution in [0.1, 0.15) is 26.5 Å². The number of aromatic nitrogens is 1. The number of carbonyl (C=O) groups excluding carboxylic acids is 1. The first-order chi connectivity index (χ1) is 11.2. The highest BCUT2D eigenvalue weighted by Gasteiger charge is 2.25. The number of fused-ring (bicyclic) bond motifs is 1. The molecule has 3 aromatic rings. The molecule has 4 nitrogen and oxygen atoms in total. The van der Waals surface area contributed by atoms with Crippen LogP contribution in [0.2, 0.25) is 0 Å². The summed E-state index contributed by atoms with van der Waals surface area (Å²) in [6.07, 6.45) is 2.52. The van der Waals surface area contributed by atoms with Gasteiger partial charge in [0.2, 0.25) is 0 Å². The van der Waals surface area contributed by atoms with Crippen LogP contribution in [0.15, 0.2) is 47.1 Å². The summed E-state index contributed by atoms with van der Waals surface area (Å²) < 4.78 is 5.38. The molecular formula is C18H16N2O2S. The first-order valence-corrected chi connectivity index (χ1v) is 8.41. The maximum atomic E-state index is 12.9. The lowest BCUT2D eigenvalue weighted by atomic mass is 10.00. The van der Waals surface area contributed by atoms with E-state index >= 15 is 0 Å². The summed E-state index contributed by atoms with van der Waals surface area (Å²) in [5.74, 6) is 0.715. The lowest BCUT2D eigenvalue weighted by Crippen LogP contribution is -2.36. The third kappa shape index (κ3) is 2.57. The van der Waals surface area contributed by atoms with Crippen molar-refractivity contribution in [3.8, 4) is 10.8 Å². The van der Waals surface area contributed by atoms with Gasteiger partial charge in [-0.05, 0) is 36.6 Å². The third-order valence-corrected chi connectivity index (χ3v) is 5.13. The fourth-order valence-electron chi connectivity index (χ4n) is 2.92. The Bertz CT molecular complexity index is 852. The van der Waals surface area contributed by atoms with Gasteiger partial charge in [0, 0.05) is 18.0 Å². The van der Waals surface area contributed by atoms with Gasteiger partial charge in [-0.25, -0.2) is 4.98 Å². The molecule has 0 aliphatic carbocycles. The zero-order valence-electron chi connectivity index (χ0n) is 12.8. The zero-order valence-corrected chi connectivity index (χ0v) is 13.6. The molecule has 0 spiro atoms. The molecule has 5 heteroatoms. The fourth-order valence-corrected chi connectivity index (χ4v) is 3.79. The molecule has 0 unspecified atom stereocenters. The molecule has 2 aromatic heterocycles. The molecule has 1 aliphatic rings. The summed E-state index contributed by atoms with van der Waals surface area (Å²) in [6.45, 7) is 3.33. The Morgan fingerprint density at radius 2 is 2.04 bits per heavy atom. The van der Waals surface area contributed by atoms with E-state index in [1.807, 2.05) is 30.0 Å². The van der Waals surface area contributed by atoms with Crippen molar-refractivity contribution in [1.82, 2.24) is 9.88 Å². The number of hydrogen-bond donors (Lipinski definition) is 0. The first-order valence-electron chi connectivity index (χ1n) is 7.60. The number of hydrogen-bond acceptors (Lipinski definition) is 4. The highest BCUT2D eigenvalue weighted by Crippen LogP contribution is 2.29. The molecule has 0 fully saturated rings. The number of aryl methyl sites for hydroxylation is 1. The monoisotopic (exact) mass is 324 g/mol. The first kappa shape index (κ1) is 14.2. The number of benzene rings is 1. The van der Waals surface area contributed by atoms with Crippen LogP contribution >= 0.6 is 11.3 Å². The van der Waals surface area contributed by atoms with Gasteiger partial charge in [0.15, 0.2) is 10.8 Å². The Morgan fingerprint density at radius 1 is 1.22 bits per heavy atom. The quantitative estimate of drug-likeness (QED) is 0.718. The number of amides is 1. The minimum atomic E-state index is 0.00561. The molecule has 0 N–H and O–H groups in total. The van der Waals surface area contributed by atoms with Crippen molar-refractivity contribution >= 4 is 17.2 Å². The van der Waals surface area contributed by atoms with Crippen LogP contribution in [-0.4, -0.2) is 22.3 Å². The van der Waals surface area contributed by atoms with E-state index in [1.54, 1.807) is 6.26 Å². The Labute approximate surface area is 138 Å². The van der Waals surface area contributed by atoms with Crippen LogP contribution in [0.25, 0.3) is 10.8 Å². The average molecular weight is 324 g/mol. The standard InChI is InChI=1S/C18H16N2O2S/c1-12-16(19-17(23-12)15-7-4-10-22-15)18(21)20-9-8-13-5-2-3-6-14(13)11-20/h2-7,10H,8-9,11H2,1H3. The van der Waals surface area contributed by atoms with E-state index in [1.165, 1.54) is 22.5 Å². The largest absolute Gasteiger partial charge is 0.462 e. The summed E-state index contributed by atoms with van der Waals surface area (Å²) in [4.78, 5) is 20.2. The number of rotatable bonds is 2. The molecule has 0 saturated carbocycles. The average Bonchev–Trinajstić information content (AvgIpc) is 3.23. The summed E-state index contributed by atoms with van der Waals surface area (Å²) in [5.41, 5.74) is 3.11. The van der Waals surface area contributed by atoms with E-state index in [0.29, 0.717) is 18.0 Å². The maximum absolute atomic E-state index is 12.9. The maximum Gasteiger partial charge on any atom is 0.273 e. The third-order valence-electron chi connectivity index (χ3n) is 4.15. The van der Waals surface area contributed by atoms with Crippen LogP contribution < -0.4 is 0 Å². The van der Waals surface area contributed by atoms with Crippen molar-refractivity contribution in [2.24, 2.45) is 0 Å². The number of thiazole rings is 1. The van der Waals surface area contributed by atoms with Crippen LogP contribution in [0.4, 0.5) is 0 Å². The van der Waals surface area contributed by atoms with Crippen molar-refractivity contribution in [3.05, 3.63) is 64.4 Å². The Kier molecular flexibility index (Phi) is 3.50. The van der Waals surface area contributed by atoms with E-state index in [9.17, 15) is 4.79 Å². The Balaban J connectivity index is 1.61. The minimum Gasteiger partial charge on any atom is -0.462 e. The second-order valence-corrected chi connectivity index (χ2v) is 6.85.